The largest absolute Gasteiger partial charge is 0.442 e. The molecule has 2 aromatic heterocycles. The van der Waals surface area contributed by atoms with Gasteiger partial charge in [0, 0.05) is 6.20 Å². The molecule has 0 radical (unpaired) electrons. The fourth-order valence-electron chi connectivity index (χ4n) is 1.02. The van der Waals surface area contributed by atoms with Gasteiger partial charge in [0.15, 0.2) is 0 Å². The van der Waals surface area contributed by atoms with Crippen LogP contribution in [0.15, 0.2) is 22.7 Å². The monoisotopic (exact) mass is 259 g/mol. The smallest absolute Gasteiger partial charge is 0.227 e. The number of fused-ring (bicyclic) bond motifs is 1. The predicted molar refractivity (Wildman–Crippen MR) is 51.5 cm³/mol. The molecule has 2 aromatic rings. The van der Waals surface area contributed by atoms with E-state index in [2.05, 4.69) is 27.6 Å². The summed E-state index contributed by atoms with van der Waals surface area (Å²) in [5, 5.41) is 1.10. The van der Waals surface area contributed by atoms with Crippen molar-refractivity contribution in [1.82, 2.24) is 4.98 Å². The van der Waals surface area contributed by atoms with Crippen LogP contribution in [0.5, 0.6) is 0 Å². The zero-order valence-corrected chi connectivity index (χ0v) is 8.12. The summed E-state index contributed by atoms with van der Waals surface area (Å²) in [5.41, 5.74) is 0.731. The van der Waals surface area contributed by atoms with Crippen molar-refractivity contribution in [2.75, 3.05) is 0 Å². The number of rotatable bonds is 0. The Labute approximate surface area is 77.8 Å². The summed E-state index contributed by atoms with van der Waals surface area (Å²) < 4.78 is 6.54. The first-order valence-electron chi connectivity index (χ1n) is 3.28. The molecular weight excluding hydrogens is 253 g/mol. The van der Waals surface area contributed by atoms with Gasteiger partial charge in [0.25, 0.3) is 0 Å². The quantitative estimate of drug-likeness (QED) is 0.680. The number of aryl methyl sites for hydroxylation is 1. The Morgan fingerprint density at radius 3 is 3.09 bits per heavy atom. The number of hydrogen-bond donors (Lipinski definition) is 0. The second kappa shape index (κ2) is 2.48. The maximum atomic E-state index is 5.38. The molecule has 0 spiro atoms. The lowest BCUT2D eigenvalue weighted by Gasteiger charge is -1.83. The molecule has 0 saturated heterocycles. The van der Waals surface area contributed by atoms with E-state index in [0.29, 0.717) is 0 Å². The van der Waals surface area contributed by atoms with Crippen molar-refractivity contribution in [3.63, 3.8) is 0 Å². The van der Waals surface area contributed by atoms with Crippen molar-refractivity contribution in [3.05, 3.63) is 27.7 Å². The minimum atomic E-state index is 0.731. The van der Waals surface area contributed by atoms with E-state index in [0.717, 1.165) is 20.4 Å². The lowest BCUT2D eigenvalue weighted by Crippen LogP contribution is -1.70. The molecule has 0 atom stereocenters. The summed E-state index contributed by atoms with van der Waals surface area (Å²) in [6.45, 7) is 1.95. The molecule has 0 amide bonds. The van der Waals surface area contributed by atoms with Gasteiger partial charge in [0.2, 0.25) is 5.71 Å². The highest BCUT2D eigenvalue weighted by molar-refractivity contribution is 14.1. The third-order valence-electron chi connectivity index (χ3n) is 1.57. The van der Waals surface area contributed by atoms with Gasteiger partial charge in [0.05, 0.1) is 8.96 Å². The first-order valence-corrected chi connectivity index (χ1v) is 4.36. The van der Waals surface area contributed by atoms with E-state index in [1.165, 1.54) is 0 Å². The van der Waals surface area contributed by atoms with Crippen molar-refractivity contribution in [2.24, 2.45) is 0 Å². The molecule has 0 unspecified atom stereocenters. The summed E-state index contributed by atoms with van der Waals surface area (Å²) in [6.07, 6.45) is 1.74. The van der Waals surface area contributed by atoms with E-state index in [-0.39, 0.29) is 0 Å². The number of nitrogens with zero attached hydrogens (tertiary/aromatic N) is 1. The average molecular weight is 259 g/mol. The highest BCUT2D eigenvalue weighted by Gasteiger charge is 2.06. The summed E-state index contributed by atoms with van der Waals surface area (Å²) in [6, 6.07) is 3.93. The van der Waals surface area contributed by atoms with Crippen LogP contribution in [0.1, 0.15) is 5.76 Å². The van der Waals surface area contributed by atoms with E-state index < -0.39 is 0 Å². The molecular formula is C8H6INO. The Hall–Kier alpha value is -0.580. The lowest BCUT2D eigenvalue weighted by atomic mass is 10.3. The number of pyridine rings is 1. The van der Waals surface area contributed by atoms with Crippen LogP contribution >= 0.6 is 22.6 Å². The molecule has 0 saturated carbocycles. The molecule has 3 heteroatoms. The molecule has 0 aromatic carbocycles. The second-order valence-corrected chi connectivity index (χ2v) is 3.41. The number of hydrogen-bond acceptors (Lipinski definition) is 2. The van der Waals surface area contributed by atoms with Gasteiger partial charge in [-0.15, -0.1) is 0 Å². The number of furan rings is 1. The summed E-state index contributed by atoms with van der Waals surface area (Å²) in [4.78, 5) is 4.09. The molecule has 0 N–H and O–H groups in total. The van der Waals surface area contributed by atoms with Gasteiger partial charge in [0.1, 0.15) is 5.76 Å². The van der Waals surface area contributed by atoms with Crippen LogP contribution in [0.25, 0.3) is 11.1 Å². The molecule has 0 aliphatic rings. The molecule has 56 valence electrons. The molecule has 0 bridgehead atoms. The average Bonchev–Trinajstić information content (AvgIpc) is 2.30. The zero-order chi connectivity index (χ0) is 7.84. The first-order chi connectivity index (χ1) is 5.29. The number of halogens is 1. The SMILES string of the molecule is Cc1oc2ncccc2c1I. The highest BCUT2D eigenvalue weighted by Crippen LogP contribution is 2.24. The van der Waals surface area contributed by atoms with E-state index in [1.807, 2.05) is 19.1 Å². The van der Waals surface area contributed by atoms with Gasteiger partial charge >= 0.3 is 0 Å². The van der Waals surface area contributed by atoms with Gasteiger partial charge in [-0.2, -0.15) is 0 Å². The van der Waals surface area contributed by atoms with Gasteiger partial charge in [-0.05, 0) is 41.6 Å². The second-order valence-electron chi connectivity index (χ2n) is 2.33. The van der Waals surface area contributed by atoms with Crippen LogP contribution < -0.4 is 0 Å². The van der Waals surface area contributed by atoms with Gasteiger partial charge in [-0.25, -0.2) is 4.98 Å². The van der Waals surface area contributed by atoms with Crippen molar-refractivity contribution < 1.29 is 4.42 Å². The standard InChI is InChI=1S/C8H6INO/c1-5-7(9)6-3-2-4-10-8(6)11-5/h2-4H,1H3. The Kier molecular flexibility index (Phi) is 1.60. The molecule has 11 heavy (non-hydrogen) atoms. The Morgan fingerprint density at radius 2 is 2.36 bits per heavy atom. The van der Waals surface area contributed by atoms with E-state index in [1.54, 1.807) is 6.20 Å². The molecule has 0 fully saturated rings. The van der Waals surface area contributed by atoms with Crippen molar-refractivity contribution in [1.29, 1.82) is 0 Å². The topological polar surface area (TPSA) is 26.0 Å². The van der Waals surface area contributed by atoms with E-state index in [4.69, 9.17) is 4.42 Å². The number of aromatic nitrogens is 1. The summed E-state index contributed by atoms with van der Waals surface area (Å²) >= 11 is 2.26. The van der Waals surface area contributed by atoms with E-state index >= 15 is 0 Å². The van der Waals surface area contributed by atoms with Crippen molar-refractivity contribution >= 4 is 33.7 Å². The minimum absolute atomic E-state index is 0.731. The van der Waals surface area contributed by atoms with Gasteiger partial charge < -0.3 is 4.42 Å². The molecule has 0 aliphatic carbocycles. The van der Waals surface area contributed by atoms with Gasteiger partial charge in [-0.1, -0.05) is 0 Å². The maximum Gasteiger partial charge on any atom is 0.227 e. The normalized spacial score (nSPS) is 10.7. The Bertz CT molecular complexity index is 394. The fourth-order valence-corrected chi connectivity index (χ4v) is 1.54. The Balaban J connectivity index is 2.92. The Morgan fingerprint density at radius 1 is 1.55 bits per heavy atom. The summed E-state index contributed by atoms with van der Waals surface area (Å²) in [7, 11) is 0. The lowest BCUT2D eigenvalue weighted by molar-refractivity contribution is 0.565. The van der Waals surface area contributed by atoms with Crippen LogP contribution in [0.4, 0.5) is 0 Å². The van der Waals surface area contributed by atoms with Crippen molar-refractivity contribution in [3.8, 4) is 0 Å². The van der Waals surface area contributed by atoms with Crippen LogP contribution in [0.2, 0.25) is 0 Å². The van der Waals surface area contributed by atoms with Crippen LogP contribution in [0, 0.1) is 10.5 Å². The minimum Gasteiger partial charge on any atom is -0.442 e. The molecule has 2 nitrogen and oxygen atoms in total. The highest BCUT2D eigenvalue weighted by atomic mass is 127. The molecule has 0 aliphatic heterocycles. The van der Waals surface area contributed by atoms with Crippen molar-refractivity contribution in [2.45, 2.75) is 6.92 Å². The van der Waals surface area contributed by atoms with Gasteiger partial charge in [-0.3, -0.25) is 0 Å². The molecule has 2 rings (SSSR count). The third kappa shape index (κ3) is 1.03. The van der Waals surface area contributed by atoms with E-state index in [9.17, 15) is 0 Å². The third-order valence-corrected chi connectivity index (χ3v) is 2.91. The maximum absolute atomic E-state index is 5.38. The first kappa shape index (κ1) is 7.09. The predicted octanol–water partition coefficient (Wildman–Crippen LogP) is 2.74. The summed E-state index contributed by atoms with van der Waals surface area (Å²) in [5.74, 6) is 0.944. The fraction of sp³-hybridized carbons (Fsp3) is 0.125. The molecule has 2 heterocycles. The van der Waals surface area contributed by atoms with Crippen LogP contribution in [0.3, 0.4) is 0 Å². The van der Waals surface area contributed by atoms with Crippen LogP contribution in [-0.4, -0.2) is 4.98 Å². The van der Waals surface area contributed by atoms with Crippen LogP contribution in [-0.2, 0) is 0 Å². The zero-order valence-electron chi connectivity index (χ0n) is 5.97.